The first kappa shape index (κ1) is 26.2. The average molecular weight is 474 g/mol. The van der Waals surface area contributed by atoms with Gasteiger partial charge in [0.25, 0.3) is 0 Å². The number of carbonyl (C=O) groups excluding carboxylic acids is 3. The monoisotopic (exact) mass is 473 g/mol. The molecule has 9 heteroatoms. The molecule has 0 aromatic carbocycles. The maximum Gasteiger partial charge on any atom is 0.333 e. The molecule has 2 aliphatic rings. The van der Waals surface area contributed by atoms with Crippen LogP contribution in [0.2, 0.25) is 18.1 Å². The maximum atomic E-state index is 13.1. The molecule has 0 radical (unpaired) electrons. The lowest BCUT2D eigenvalue weighted by molar-refractivity contribution is -0.182. The molecular formula is C22H39NO6SSi. The molecule has 31 heavy (non-hydrogen) atoms. The number of amides is 1. The first-order valence-electron chi connectivity index (χ1n) is 10.8. The number of fused-ring (bicyclic) bond motifs is 1. The van der Waals surface area contributed by atoms with Crippen molar-refractivity contribution in [2.45, 2.75) is 103 Å². The highest BCUT2D eigenvalue weighted by Crippen LogP contribution is 2.55. The Morgan fingerprint density at radius 1 is 1.13 bits per heavy atom. The lowest BCUT2D eigenvalue weighted by Gasteiger charge is -2.48. The minimum atomic E-state index is -2.03. The molecule has 2 saturated heterocycles. The number of nitrogens with zero attached hydrogens (tertiary/aromatic N) is 1. The second-order valence-electron chi connectivity index (χ2n) is 11.6. The molecular weight excluding hydrogens is 434 g/mol. The van der Waals surface area contributed by atoms with Gasteiger partial charge in [0, 0.05) is 4.75 Å². The number of hydrogen-bond donors (Lipinski definition) is 0. The second-order valence-corrected chi connectivity index (χ2v) is 18.2. The van der Waals surface area contributed by atoms with Gasteiger partial charge in [-0.15, -0.1) is 11.8 Å². The third-order valence-electron chi connectivity index (χ3n) is 6.50. The topological polar surface area (TPSA) is 82.1 Å². The van der Waals surface area contributed by atoms with E-state index in [-0.39, 0.29) is 28.3 Å². The summed E-state index contributed by atoms with van der Waals surface area (Å²) in [5.41, 5.74) is -0.680. The Kier molecular flexibility index (Phi) is 7.07. The van der Waals surface area contributed by atoms with E-state index in [0.717, 1.165) is 0 Å². The van der Waals surface area contributed by atoms with E-state index in [1.807, 2.05) is 20.8 Å². The molecule has 0 unspecified atom stereocenters. The number of rotatable bonds is 6. The third-order valence-corrected chi connectivity index (χ3v) is 12.7. The van der Waals surface area contributed by atoms with Crippen molar-refractivity contribution in [3.8, 4) is 0 Å². The molecule has 1 amide bonds. The van der Waals surface area contributed by atoms with Crippen molar-refractivity contribution in [1.29, 1.82) is 0 Å². The van der Waals surface area contributed by atoms with E-state index < -0.39 is 43.3 Å². The number of carbonyl (C=O) groups is 3. The number of β-lactam (4-membered cyclic amide) rings is 1. The van der Waals surface area contributed by atoms with Gasteiger partial charge in [-0.25, -0.2) is 4.79 Å². The SMILES string of the molecule is C[C@@H](O[Si](C)(C)C(C)(C)C)[C@@H]1C(=O)N2[C@@H]1SC(C)(C)[C@@H]2C(=O)OCOC(=O)C(C)(C)C. The quantitative estimate of drug-likeness (QED) is 0.248. The van der Waals surface area contributed by atoms with Gasteiger partial charge in [-0.3, -0.25) is 9.59 Å². The predicted molar refractivity (Wildman–Crippen MR) is 124 cm³/mol. The molecule has 2 rings (SSSR count). The van der Waals surface area contributed by atoms with Crippen molar-refractivity contribution in [1.82, 2.24) is 4.90 Å². The van der Waals surface area contributed by atoms with Gasteiger partial charge in [0.2, 0.25) is 12.7 Å². The van der Waals surface area contributed by atoms with Crippen LogP contribution < -0.4 is 0 Å². The summed E-state index contributed by atoms with van der Waals surface area (Å²) >= 11 is 1.60. The van der Waals surface area contributed by atoms with Crippen LogP contribution in [0.5, 0.6) is 0 Å². The van der Waals surface area contributed by atoms with E-state index in [1.165, 1.54) is 0 Å². The summed E-state index contributed by atoms with van der Waals surface area (Å²) in [6.45, 7) is 21.4. The molecule has 7 nitrogen and oxygen atoms in total. The number of hydrogen-bond acceptors (Lipinski definition) is 7. The fourth-order valence-corrected chi connectivity index (χ4v) is 6.82. The van der Waals surface area contributed by atoms with Crippen LogP contribution in [0.15, 0.2) is 0 Å². The minimum absolute atomic E-state index is 0.0483. The third kappa shape index (κ3) is 5.14. The van der Waals surface area contributed by atoms with E-state index in [1.54, 1.807) is 37.4 Å². The molecule has 0 aliphatic carbocycles. The van der Waals surface area contributed by atoms with Crippen LogP contribution in [0.4, 0.5) is 0 Å². The van der Waals surface area contributed by atoms with Crippen LogP contribution in [0.1, 0.15) is 62.3 Å². The fourth-order valence-electron chi connectivity index (χ4n) is 3.61. The number of esters is 2. The summed E-state index contributed by atoms with van der Waals surface area (Å²) in [7, 11) is -2.03. The Labute approximate surface area is 192 Å². The zero-order valence-corrected chi connectivity index (χ0v) is 22.6. The van der Waals surface area contributed by atoms with Crippen LogP contribution in [0, 0.1) is 11.3 Å². The minimum Gasteiger partial charge on any atom is -0.427 e. The molecule has 0 N–H and O–H groups in total. The van der Waals surface area contributed by atoms with Crippen molar-refractivity contribution in [3.63, 3.8) is 0 Å². The first-order chi connectivity index (χ1) is 13.8. The molecule has 0 saturated carbocycles. The first-order valence-corrected chi connectivity index (χ1v) is 14.6. The molecule has 2 fully saturated rings. The Morgan fingerprint density at radius 2 is 1.68 bits per heavy atom. The largest absolute Gasteiger partial charge is 0.427 e. The van der Waals surface area contributed by atoms with Crippen molar-refractivity contribution in [2.24, 2.45) is 11.3 Å². The van der Waals surface area contributed by atoms with Crippen LogP contribution in [0.25, 0.3) is 0 Å². The van der Waals surface area contributed by atoms with E-state index in [9.17, 15) is 14.4 Å². The van der Waals surface area contributed by atoms with Crippen LogP contribution in [0.3, 0.4) is 0 Å². The summed E-state index contributed by atoms with van der Waals surface area (Å²) in [5, 5.41) is -0.0796. The number of ether oxygens (including phenoxy) is 2. The van der Waals surface area contributed by atoms with Gasteiger partial charge < -0.3 is 18.8 Å². The molecule has 2 aliphatic heterocycles. The van der Waals surface area contributed by atoms with E-state index in [4.69, 9.17) is 13.9 Å². The van der Waals surface area contributed by atoms with Crippen LogP contribution >= 0.6 is 11.8 Å². The zero-order chi connectivity index (χ0) is 24.2. The highest BCUT2D eigenvalue weighted by atomic mass is 32.2. The second kappa shape index (κ2) is 8.37. The summed E-state index contributed by atoms with van der Waals surface area (Å²) in [6, 6.07) is -0.723. The predicted octanol–water partition coefficient (Wildman–Crippen LogP) is 4.17. The fraction of sp³-hybridized carbons (Fsp3) is 0.864. The Morgan fingerprint density at radius 3 is 2.16 bits per heavy atom. The molecule has 2 heterocycles. The maximum absolute atomic E-state index is 13.1. The van der Waals surface area contributed by atoms with Crippen molar-refractivity contribution in [3.05, 3.63) is 0 Å². The number of thioether (sulfide) groups is 1. The summed E-state index contributed by atoms with van der Waals surface area (Å²) < 4.78 is 16.2. The molecule has 0 aromatic heterocycles. The highest BCUT2D eigenvalue weighted by molar-refractivity contribution is 8.01. The Bertz CT molecular complexity index is 739. The standard InChI is InChI=1S/C22H39NO6SSi/c1-13(29-31(10,11)21(5,6)7)14-16(24)23-15(22(8,9)30-17(14)23)18(25)27-12-28-19(26)20(2,3)4/h13-15,17H,12H2,1-11H3/t13-,14-,15+,17-/m1/s1. The highest BCUT2D eigenvalue weighted by Gasteiger charge is 2.65. The van der Waals surface area contributed by atoms with Crippen molar-refractivity contribution < 1.29 is 28.3 Å². The average Bonchev–Trinajstić information content (AvgIpc) is 2.79. The smallest absolute Gasteiger partial charge is 0.333 e. The summed E-state index contributed by atoms with van der Waals surface area (Å²) in [5.74, 6) is -1.36. The van der Waals surface area contributed by atoms with Gasteiger partial charge in [-0.1, -0.05) is 20.8 Å². The molecule has 178 valence electrons. The van der Waals surface area contributed by atoms with Gasteiger partial charge in [-0.2, -0.15) is 0 Å². The van der Waals surface area contributed by atoms with Gasteiger partial charge in [0.1, 0.15) is 6.04 Å². The zero-order valence-electron chi connectivity index (χ0n) is 20.8. The van der Waals surface area contributed by atoms with Gasteiger partial charge in [-0.05, 0) is 59.7 Å². The summed E-state index contributed by atoms with van der Waals surface area (Å²) in [6.07, 6.45) is -0.222. The van der Waals surface area contributed by atoms with Crippen LogP contribution in [-0.2, 0) is 28.3 Å². The molecule has 0 aromatic rings. The molecule has 0 spiro atoms. The van der Waals surface area contributed by atoms with Crippen molar-refractivity contribution >= 4 is 37.9 Å². The van der Waals surface area contributed by atoms with Crippen molar-refractivity contribution in [2.75, 3.05) is 6.79 Å². The van der Waals surface area contributed by atoms with Gasteiger partial charge >= 0.3 is 11.9 Å². The van der Waals surface area contributed by atoms with Gasteiger partial charge in [0.05, 0.1) is 22.8 Å². The lowest BCUT2D eigenvalue weighted by Crippen LogP contribution is -2.66. The Hall–Kier alpha value is -1.06. The normalized spacial score (nSPS) is 26.7. The van der Waals surface area contributed by atoms with Gasteiger partial charge in [0.15, 0.2) is 8.32 Å². The summed E-state index contributed by atoms with van der Waals surface area (Å²) in [4.78, 5) is 39.4. The van der Waals surface area contributed by atoms with E-state index in [2.05, 4.69) is 33.9 Å². The van der Waals surface area contributed by atoms with Crippen LogP contribution in [-0.4, -0.2) is 60.1 Å². The molecule has 0 bridgehead atoms. The van der Waals surface area contributed by atoms with E-state index in [0.29, 0.717) is 0 Å². The van der Waals surface area contributed by atoms with E-state index >= 15 is 0 Å². The lowest BCUT2D eigenvalue weighted by atomic mass is 9.88. The molecule has 4 atom stereocenters. The Balaban J connectivity index is 2.05.